The Morgan fingerprint density at radius 3 is 2.47 bits per heavy atom. The third-order valence-corrected chi connectivity index (χ3v) is 3.35. The van der Waals surface area contributed by atoms with Crippen LogP contribution in [0.5, 0.6) is 5.75 Å². The van der Waals surface area contributed by atoms with Crippen molar-refractivity contribution in [3.05, 3.63) is 28.3 Å². The van der Waals surface area contributed by atoms with Crippen molar-refractivity contribution in [1.29, 1.82) is 0 Å². The van der Waals surface area contributed by atoms with Gasteiger partial charge in [0.15, 0.2) is 0 Å². The van der Waals surface area contributed by atoms with E-state index < -0.39 is 17.3 Å². The van der Waals surface area contributed by atoms with Gasteiger partial charge >= 0.3 is 6.18 Å². The normalized spacial score (nSPS) is 16.7. The van der Waals surface area contributed by atoms with Crippen LogP contribution in [0.25, 0.3) is 0 Å². The van der Waals surface area contributed by atoms with Crippen molar-refractivity contribution < 1.29 is 22.7 Å². The van der Waals surface area contributed by atoms with E-state index in [-0.39, 0.29) is 10.8 Å². The van der Waals surface area contributed by atoms with E-state index in [1.165, 1.54) is 13.2 Å². The van der Waals surface area contributed by atoms with Crippen molar-refractivity contribution >= 4 is 17.7 Å². The van der Waals surface area contributed by atoms with Crippen LogP contribution in [0.4, 0.5) is 13.2 Å². The molecule has 0 radical (unpaired) electrons. The van der Waals surface area contributed by atoms with Crippen LogP contribution in [0.2, 0.25) is 5.02 Å². The summed E-state index contributed by atoms with van der Waals surface area (Å²) in [6.07, 6.45) is -2.02. The number of nitrogens with zero attached hydrogens (tertiary/aromatic N) is 1. The molecule has 0 aromatic heterocycles. The van der Waals surface area contributed by atoms with Gasteiger partial charge in [-0.2, -0.15) is 18.2 Å². The summed E-state index contributed by atoms with van der Waals surface area (Å²) in [5.41, 5.74) is -1.47. The fourth-order valence-electron chi connectivity index (χ4n) is 1.98. The molecule has 0 spiro atoms. The number of benzene rings is 1. The van der Waals surface area contributed by atoms with Gasteiger partial charge in [0.05, 0.1) is 17.7 Å². The number of alkyl halides is 3. The van der Waals surface area contributed by atoms with Gasteiger partial charge in [-0.05, 0) is 25.0 Å². The Bertz CT molecular complexity index is 561. The summed E-state index contributed by atoms with van der Waals surface area (Å²) >= 11 is 5.91. The Hall–Kier alpha value is -1.52. The van der Waals surface area contributed by atoms with E-state index >= 15 is 0 Å². The molecule has 7 heteroatoms. The SMILES string of the molecule is COc1cc(C(F)(F)F)cc(Cl)c1C1(N=C=O)CC1. The monoisotopic (exact) mass is 291 g/mol. The molecule has 0 aliphatic heterocycles. The van der Waals surface area contributed by atoms with E-state index in [1.807, 2.05) is 0 Å². The first-order valence-corrected chi connectivity index (χ1v) is 5.76. The molecule has 0 atom stereocenters. The first kappa shape index (κ1) is 13.9. The molecule has 0 unspecified atom stereocenters. The average Bonchev–Trinajstić information content (AvgIpc) is 3.07. The summed E-state index contributed by atoms with van der Waals surface area (Å²) in [7, 11) is 1.25. The van der Waals surface area contributed by atoms with Gasteiger partial charge in [0, 0.05) is 5.56 Å². The summed E-state index contributed by atoms with van der Waals surface area (Å²) in [6, 6.07) is 1.68. The average molecular weight is 292 g/mol. The second-order valence-electron chi connectivity index (χ2n) is 4.27. The molecule has 2 rings (SSSR count). The minimum Gasteiger partial charge on any atom is -0.496 e. The number of rotatable bonds is 3. The molecule has 1 aromatic rings. The summed E-state index contributed by atoms with van der Waals surface area (Å²) in [5.74, 6) is -0.0173. The zero-order chi connectivity index (χ0) is 14.3. The summed E-state index contributed by atoms with van der Waals surface area (Å²) in [5, 5.41) is -0.108. The topological polar surface area (TPSA) is 38.7 Å². The highest BCUT2D eigenvalue weighted by atomic mass is 35.5. The lowest BCUT2D eigenvalue weighted by Gasteiger charge is -2.18. The molecule has 1 aliphatic carbocycles. The lowest BCUT2D eigenvalue weighted by molar-refractivity contribution is -0.137. The Balaban J connectivity index is 2.60. The maximum Gasteiger partial charge on any atom is 0.416 e. The zero-order valence-electron chi connectivity index (χ0n) is 9.84. The fraction of sp³-hybridized carbons (Fsp3) is 0.417. The van der Waals surface area contributed by atoms with Crippen LogP contribution in [-0.2, 0) is 16.5 Å². The number of hydrogen-bond donors (Lipinski definition) is 0. The molecule has 1 aliphatic rings. The molecule has 1 aromatic carbocycles. The lowest BCUT2D eigenvalue weighted by Crippen LogP contribution is -2.11. The first-order valence-electron chi connectivity index (χ1n) is 5.38. The molecule has 0 heterocycles. The molecule has 19 heavy (non-hydrogen) atoms. The Morgan fingerprint density at radius 2 is 2.05 bits per heavy atom. The second kappa shape index (κ2) is 4.54. The number of carbonyl (C=O) groups excluding carboxylic acids is 1. The van der Waals surface area contributed by atoms with Crippen LogP contribution < -0.4 is 4.74 Å². The van der Waals surface area contributed by atoms with Crippen LogP contribution in [0.15, 0.2) is 17.1 Å². The number of aliphatic imine (C=N–C) groups is 1. The largest absolute Gasteiger partial charge is 0.496 e. The van der Waals surface area contributed by atoms with E-state index in [9.17, 15) is 18.0 Å². The highest BCUT2D eigenvalue weighted by Crippen LogP contribution is 2.55. The predicted octanol–water partition coefficient (Wildman–Crippen LogP) is 3.69. The maximum absolute atomic E-state index is 12.7. The van der Waals surface area contributed by atoms with Gasteiger partial charge in [-0.3, -0.25) is 0 Å². The van der Waals surface area contributed by atoms with Crippen molar-refractivity contribution in [2.24, 2.45) is 4.99 Å². The standard InChI is InChI=1S/C12H9ClF3NO2/c1-19-9-5-7(12(14,15)16)4-8(13)10(9)11(2-3-11)17-6-18/h4-5H,2-3H2,1H3. The molecule has 0 saturated heterocycles. The molecule has 3 nitrogen and oxygen atoms in total. The Labute approximate surface area is 112 Å². The Morgan fingerprint density at radius 1 is 1.42 bits per heavy atom. The van der Waals surface area contributed by atoms with Crippen molar-refractivity contribution in [2.45, 2.75) is 24.6 Å². The van der Waals surface area contributed by atoms with E-state index in [4.69, 9.17) is 16.3 Å². The van der Waals surface area contributed by atoms with Gasteiger partial charge in [-0.25, -0.2) is 4.79 Å². The quantitative estimate of drug-likeness (QED) is 0.629. The molecule has 0 amide bonds. The van der Waals surface area contributed by atoms with E-state index in [1.54, 1.807) is 0 Å². The Kier molecular flexibility index (Phi) is 3.32. The third-order valence-electron chi connectivity index (χ3n) is 3.05. The molecule has 0 N–H and O–H groups in total. The third kappa shape index (κ3) is 2.46. The highest BCUT2D eigenvalue weighted by Gasteiger charge is 2.49. The molecule has 0 bridgehead atoms. The van der Waals surface area contributed by atoms with Gasteiger partial charge < -0.3 is 4.74 Å². The van der Waals surface area contributed by atoms with Gasteiger partial charge in [-0.15, -0.1) is 0 Å². The molecule has 1 fully saturated rings. The van der Waals surface area contributed by atoms with Crippen molar-refractivity contribution in [2.75, 3.05) is 7.11 Å². The summed E-state index contributed by atoms with van der Waals surface area (Å²) < 4.78 is 43.0. The van der Waals surface area contributed by atoms with E-state index in [0.717, 1.165) is 12.1 Å². The molecular formula is C12H9ClF3NO2. The zero-order valence-corrected chi connectivity index (χ0v) is 10.6. The van der Waals surface area contributed by atoms with Crippen molar-refractivity contribution in [3.8, 4) is 5.75 Å². The van der Waals surface area contributed by atoms with Gasteiger partial charge in [0.2, 0.25) is 6.08 Å². The number of methoxy groups -OCH3 is 1. The van der Waals surface area contributed by atoms with Crippen LogP contribution in [0.3, 0.4) is 0 Å². The van der Waals surface area contributed by atoms with E-state index in [0.29, 0.717) is 18.4 Å². The van der Waals surface area contributed by atoms with Gasteiger partial charge in [-0.1, -0.05) is 11.6 Å². The van der Waals surface area contributed by atoms with Crippen LogP contribution in [0, 0.1) is 0 Å². The fourth-order valence-corrected chi connectivity index (χ4v) is 2.37. The molecule has 1 saturated carbocycles. The highest BCUT2D eigenvalue weighted by molar-refractivity contribution is 6.31. The first-order chi connectivity index (χ1) is 8.84. The minimum absolute atomic E-state index is 0.0173. The predicted molar refractivity (Wildman–Crippen MR) is 62.0 cm³/mol. The van der Waals surface area contributed by atoms with Crippen molar-refractivity contribution in [3.63, 3.8) is 0 Å². The van der Waals surface area contributed by atoms with Crippen molar-refractivity contribution in [1.82, 2.24) is 0 Å². The number of hydrogen-bond acceptors (Lipinski definition) is 3. The number of ether oxygens (including phenoxy) is 1. The minimum atomic E-state index is -4.51. The van der Waals surface area contributed by atoms with Crippen LogP contribution in [0.1, 0.15) is 24.0 Å². The second-order valence-corrected chi connectivity index (χ2v) is 4.67. The van der Waals surface area contributed by atoms with Gasteiger partial charge in [0.25, 0.3) is 0 Å². The van der Waals surface area contributed by atoms with Gasteiger partial charge in [0.1, 0.15) is 11.3 Å². The summed E-state index contributed by atoms with van der Waals surface area (Å²) in [4.78, 5) is 14.1. The lowest BCUT2D eigenvalue weighted by atomic mass is 10.0. The molecule has 102 valence electrons. The smallest absolute Gasteiger partial charge is 0.416 e. The maximum atomic E-state index is 12.7. The van der Waals surface area contributed by atoms with Crippen LogP contribution in [-0.4, -0.2) is 13.2 Å². The number of halogens is 4. The van der Waals surface area contributed by atoms with Crippen LogP contribution >= 0.6 is 11.6 Å². The molecular weight excluding hydrogens is 283 g/mol. The summed E-state index contributed by atoms with van der Waals surface area (Å²) in [6.45, 7) is 0. The number of isocyanates is 1. The van der Waals surface area contributed by atoms with E-state index in [2.05, 4.69) is 4.99 Å².